The number of pyridine rings is 1. The maximum Gasteiger partial charge on any atom is 0.316 e. The number of amides is 3. The SMILES string of the molecule is NC(=O)Nc1ccc(C(=O)NCCc2ccccn2)cc1. The van der Waals surface area contributed by atoms with E-state index in [0.717, 1.165) is 5.69 Å². The Hall–Kier alpha value is -2.89. The van der Waals surface area contributed by atoms with Gasteiger partial charge in [-0.25, -0.2) is 4.79 Å². The molecule has 0 aliphatic rings. The Balaban J connectivity index is 1.84. The van der Waals surface area contributed by atoms with Crippen LogP contribution in [0.3, 0.4) is 0 Å². The Morgan fingerprint density at radius 2 is 1.86 bits per heavy atom. The molecule has 3 amide bonds. The van der Waals surface area contributed by atoms with Crippen LogP contribution in [-0.4, -0.2) is 23.5 Å². The molecule has 0 bridgehead atoms. The molecule has 0 spiro atoms. The molecule has 2 aromatic rings. The van der Waals surface area contributed by atoms with E-state index in [1.54, 1.807) is 30.5 Å². The fourth-order valence-corrected chi connectivity index (χ4v) is 1.80. The van der Waals surface area contributed by atoms with Crippen molar-refractivity contribution in [3.05, 3.63) is 59.9 Å². The van der Waals surface area contributed by atoms with Gasteiger partial charge in [0.1, 0.15) is 0 Å². The second-order valence-electron chi connectivity index (χ2n) is 4.39. The first-order chi connectivity index (χ1) is 10.1. The molecule has 0 radical (unpaired) electrons. The number of hydrogen-bond acceptors (Lipinski definition) is 3. The standard InChI is InChI=1S/C15H16N4O2/c16-15(21)19-13-6-4-11(5-7-13)14(20)18-10-8-12-3-1-2-9-17-12/h1-7,9H,8,10H2,(H,18,20)(H3,16,19,21). The molecule has 0 saturated carbocycles. The zero-order chi connectivity index (χ0) is 15.1. The predicted octanol–water partition coefficient (Wildman–Crippen LogP) is 1.54. The van der Waals surface area contributed by atoms with Gasteiger partial charge in [0.25, 0.3) is 5.91 Å². The zero-order valence-corrected chi connectivity index (χ0v) is 11.4. The van der Waals surface area contributed by atoms with Crippen molar-refractivity contribution in [1.82, 2.24) is 10.3 Å². The average molecular weight is 284 g/mol. The fourth-order valence-electron chi connectivity index (χ4n) is 1.80. The van der Waals surface area contributed by atoms with Gasteiger partial charge in [0, 0.05) is 36.1 Å². The largest absolute Gasteiger partial charge is 0.352 e. The Labute approximate surface area is 122 Å². The van der Waals surface area contributed by atoms with Gasteiger partial charge in [0.15, 0.2) is 0 Å². The Bertz CT molecular complexity index is 611. The summed E-state index contributed by atoms with van der Waals surface area (Å²) in [6, 6.07) is 11.5. The topological polar surface area (TPSA) is 97.1 Å². The first kappa shape index (κ1) is 14.5. The highest BCUT2D eigenvalue weighted by Gasteiger charge is 2.05. The third kappa shape index (κ3) is 4.61. The van der Waals surface area contributed by atoms with Crippen LogP contribution in [0.4, 0.5) is 10.5 Å². The number of anilines is 1. The highest BCUT2D eigenvalue weighted by Crippen LogP contribution is 2.09. The quantitative estimate of drug-likeness (QED) is 0.777. The van der Waals surface area contributed by atoms with Crippen LogP contribution in [0.5, 0.6) is 0 Å². The highest BCUT2D eigenvalue weighted by atomic mass is 16.2. The van der Waals surface area contributed by atoms with E-state index in [9.17, 15) is 9.59 Å². The number of nitrogens with two attached hydrogens (primary N) is 1. The lowest BCUT2D eigenvalue weighted by Crippen LogP contribution is -2.26. The molecule has 0 aliphatic heterocycles. The lowest BCUT2D eigenvalue weighted by atomic mass is 10.2. The van der Waals surface area contributed by atoms with Gasteiger partial charge >= 0.3 is 6.03 Å². The monoisotopic (exact) mass is 284 g/mol. The van der Waals surface area contributed by atoms with Crippen molar-refractivity contribution in [2.24, 2.45) is 5.73 Å². The molecule has 2 rings (SSSR count). The molecule has 4 N–H and O–H groups in total. The number of hydrogen-bond donors (Lipinski definition) is 3. The summed E-state index contributed by atoms with van der Waals surface area (Å²) in [6.45, 7) is 0.511. The summed E-state index contributed by atoms with van der Waals surface area (Å²) in [5.74, 6) is -0.170. The molecule has 1 aromatic carbocycles. The number of nitrogens with one attached hydrogen (secondary N) is 2. The smallest absolute Gasteiger partial charge is 0.316 e. The van der Waals surface area contributed by atoms with E-state index < -0.39 is 6.03 Å². The summed E-state index contributed by atoms with van der Waals surface area (Å²) < 4.78 is 0. The highest BCUT2D eigenvalue weighted by molar-refractivity contribution is 5.95. The number of rotatable bonds is 5. The minimum Gasteiger partial charge on any atom is -0.352 e. The van der Waals surface area contributed by atoms with Crippen LogP contribution in [0.25, 0.3) is 0 Å². The molecule has 0 fully saturated rings. The molecule has 108 valence electrons. The molecule has 6 heteroatoms. The summed E-state index contributed by atoms with van der Waals surface area (Å²) in [5, 5.41) is 5.25. The maximum atomic E-state index is 11.9. The third-order valence-electron chi connectivity index (χ3n) is 2.81. The molecule has 0 aliphatic carbocycles. The second kappa shape index (κ2) is 7.04. The first-order valence-electron chi connectivity index (χ1n) is 6.50. The summed E-state index contributed by atoms with van der Waals surface area (Å²) >= 11 is 0. The van der Waals surface area contributed by atoms with Gasteiger partial charge < -0.3 is 16.4 Å². The minimum absolute atomic E-state index is 0.170. The number of carbonyl (C=O) groups excluding carboxylic acids is 2. The van der Waals surface area contributed by atoms with Crippen LogP contribution < -0.4 is 16.4 Å². The Morgan fingerprint density at radius 1 is 1.10 bits per heavy atom. The van der Waals surface area contributed by atoms with Crippen molar-refractivity contribution in [2.75, 3.05) is 11.9 Å². The van der Waals surface area contributed by atoms with Gasteiger partial charge in [-0.15, -0.1) is 0 Å². The van der Waals surface area contributed by atoms with Crippen molar-refractivity contribution < 1.29 is 9.59 Å². The summed E-state index contributed by atoms with van der Waals surface area (Å²) in [7, 11) is 0. The van der Waals surface area contributed by atoms with Gasteiger partial charge in [-0.3, -0.25) is 9.78 Å². The van der Waals surface area contributed by atoms with Crippen molar-refractivity contribution in [1.29, 1.82) is 0 Å². The van der Waals surface area contributed by atoms with E-state index in [1.807, 2.05) is 18.2 Å². The number of carbonyl (C=O) groups is 2. The lowest BCUT2D eigenvalue weighted by molar-refractivity contribution is 0.0954. The van der Waals surface area contributed by atoms with E-state index in [2.05, 4.69) is 15.6 Å². The number of nitrogens with zero attached hydrogens (tertiary/aromatic N) is 1. The van der Waals surface area contributed by atoms with Crippen LogP contribution in [0.2, 0.25) is 0 Å². The Morgan fingerprint density at radius 3 is 2.48 bits per heavy atom. The molecule has 1 heterocycles. The van der Waals surface area contributed by atoms with E-state index in [1.165, 1.54) is 0 Å². The molecule has 0 unspecified atom stereocenters. The summed E-state index contributed by atoms with van der Waals surface area (Å²) in [6.07, 6.45) is 2.40. The lowest BCUT2D eigenvalue weighted by Gasteiger charge is -2.06. The van der Waals surface area contributed by atoms with Gasteiger partial charge in [0.05, 0.1) is 0 Å². The summed E-state index contributed by atoms with van der Waals surface area (Å²) in [4.78, 5) is 26.8. The van der Waals surface area contributed by atoms with Crippen molar-refractivity contribution in [3.63, 3.8) is 0 Å². The van der Waals surface area contributed by atoms with E-state index >= 15 is 0 Å². The predicted molar refractivity (Wildman–Crippen MR) is 79.9 cm³/mol. The molecule has 0 saturated heterocycles. The Kier molecular flexibility index (Phi) is 4.87. The number of benzene rings is 1. The maximum absolute atomic E-state index is 11.9. The molecule has 21 heavy (non-hydrogen) atoms. The normalized spacial score (nSPS) is 9.90. The van der Waals surface area contributed by atoms with E-state index in [-0.39, 0.29) is 5.91 Å². The molecular weight excluding hydrogens is 268 g/mol. The fraction of sp³-hybridized carbons (Fsp3) is 0.133. The van der Waals surface area contributed by atoms with Gasteiger partial charge in [-0.2, -0.15) is 0 Å². The van der Waals surface area contributed by atoms with E-state index in [4.69, 9.17) is 5.73 Å². The van der Waals surface area contributed by atoms with Gasteiger partial charge in [-0.05, 0) is 36.4 Å². The average Bonchev–Trinajstić information content (AvgIpc) is 2.48. The molecular formula is C15H16N4O2. The van der Waals surface area contributed by atoms with Crippen LogP contribution in [0, 0.1) is 0 Å². The molecule has 1 aromatic heterocycles. The van der Waals surface area contributed by atoms with Crippen LogP contribution in [0.15, 0.2) is 48.7 Å². The zero-order valence-electron chi connectivity index (χ0n) is 11.4. The second-order valence-corrected chi connectivity index (χ2v) is 4.39. The van der Waals surface area contributed by atoms with Gasteiger partial charge in [-0.1, -0.05) is 6.07 Å². The van der Waals surface area contributed by atoms with Crippen LogP contribution in [-0.2, 0) is 6.42 Å². The van der Waals surface area contributed by atoms with Crippen molar-refractivity contribution >= 4 is 17.6 Å². The minimum atomic E-state index is -0.637. The molecule has 6 nitrogen and oxygen atoms in total. The van der Waals surface area contributed by atoms with Crippen LogP contribution >= 0.6 is 0 Å². The van der Waals surface area contributed by atoms with Crippen LogP contribution in [0.1, 0.15) is 16.1 Å². The summed E-state index contributed by atoms with van der Waals surface area (Å²) in [5.41, 5.74) is 7.01. The van der Waals surface area contributed by atoms with Crippen molar-refractivity contribution in [3.8, 4) is 0 Å². The number of aromatic nitrogens is 1. The van der Waals surface area contributed by atoms with Crippen molar-refractivity contribution in [2.45, 2.75) is 6.42 Å². The third-order valence-corrected chi connectivity index (χ3v) is 2.81. The number of urea groups is 1. The molecule has 0 atom stereocenters. The first-order valence-corrected chi connectivity index (χ1v) is 6.50. The van der Waals surface area contributed by atoms with E-state index in [0.29, 0.717) is 24.2 Å². The van der Waals surface area contributed by atoms with Gasteiger partial charge in [0.2, 0.25) is 0 Å². The number of primary amides is 1.